The van der Waals surface area contributed by atoms with E-state index in [9.17, 15) is 4.79 Å². The molecule has 1 aliphatic heterocycles. The van der Waals surface area contributed by atoms with Gasteiger partial charge in [0.2, 0.25) is 0 Å². The molecule has 0 aliphatic carbocycles. The highest BCUT2D eigenvalue weighted by molar-refractivity contribution is 7.12. The molecule has 3 nitrogen and oxygen atoms in total. The Morgan fingerprint density at radius 3 is 2.60 bits per heavy atom. The number of carbonyl (C=O) groups excluding carboxylic acids is 1. The third-order valence-electron chi connectivity index (χ3n) is 4.71. The van der Waals surface area contributed by atoms with E-state index in [1.54, 1.807) is 7.11 Å². The molecule has 3 aromatic rings. The quantitative estimate of drug-likeness (QED) is 0.694. The summed E-state index contributed by atoms with van der Waals surface area (Å²) in [5, 5.41) is 1.95. The number of methoxy groups -OCH3 is 1. The monoisotopic (exact) mass is 349 g/mol. The van der Waals surface area contributed by atoms with Gasteiger partial charge in [-0.05, 0) is 46.7 Å². The topological polar surface area (TPSA) is 29.5 Å². The van der Waals surface area contributed by atoms with Gasteiger partial charge in [-0.3, -0.25) is 4.79 Å². The first-order chi connectivity index (χ1) is 12.3. The number of fused-ring (bicyclic) bond motifs is 1. The number of carbonyl (C=O) groups is 1. The SMILES string of the molecule is COc1ccc(C2c3ccccc3CCN2C(=O)c2cccs2)cc1. The molecule has 1 unspecified atom stereocenters. The van der Waals surface area contributed by atoms with Crippen molar-refractivity contribution in [1.82, 2.24) is 4.90 Å². The van der Waals surface area contributed by atoms with Crippen molar-refractivity contribution < 1.29 is 9.53 Å². The molecule has 1 amide bonds. The summed E-state index contributed by atoms with van der Waals surface area (Å²) in [5.74, 6) is 0.925. The predicted molar refractivity (Wildman–Crippen MR) is 100 cm³/mol. The molecule has 0 bridgehead atoms. The zero-order chi connectivity index (χ0) is 17.2. The molecule has 0 saturated carbocycles. The standard InChI is InChI=1S/C21H19NO2S/c1-24-17-10-8-16(9-11-17)20-18-6-3-2-5-15(18)12-13-22(20)21(23)19-7-4-14-25-19/h2-11,14,20H,12-13H2,1H3. The Morgan fingerprint density at radius 2 is 1.88 bits per heavy atom. The van der Waals surface area contributed by atoms with E-state index in [4.69, 9.17) is 4.74 Å². The van der Waals surface area contributed by atoms with Gasteiger partial charge in [0.25, 0.3) is 5.91 Å². The maximum Gasteiger partial charge on any atom is 0.264 e. The smallest absolute Gasteiger partial charge is 0.264 e. The van der Waals surface area contributed by atoms with Gasteiger partial charge in [-0.2, -0.15) is 0 Å². The molecule has 4 heteroatoms. The Labute approximate surface area is 151 Å². The Balaban J connectivity index is 1.79. The lowest BCUT2D eigenvalue weighted by Gasteiger charge is -2.37. The van der Waals surface area contributed by atoms with Crippen molar-refractivity contribution in [3.63, 3.8) is 0 Å². The minimum absolute atomic E-state index is 0.0644. The van der Waals surface area contributed by atoms with Gasteiger partial charge >= 0.3 is 0 Å². The van der Waals surface area contributed by atoms with Gasteiger partial charge in [-0.1, -0.05) is 42.5 Å². The van der Waals surface area contributed by atoms with Crippen LogP contribution in [0.15, 0.2) is 66.0 Å². The Bertz CT molecular complexity index is 871. The molecule has 1 atom stereocenters. The van der Waals surface area contributed by atoms with E-state index >= 15 is 0 Å². The Morgan fingerprint density at radius 1 is 1.08 bits per heavy atom. The summed E-state index contributed by atoms with van der Waals surface area (Å²) in [6.07, 6.45) is 0.889. The molecule has 0 spiro atoms. The molecule has 25 heavy (non-hydrogen) atoms. The lowest BCUT2D eigenvalue weighted by molar-refractivity contribution is 0.0699. The molecular formula is C21H19NO2S. The third kappa shape index (κ3) is 2.94. The number of hydrogen-bond donors (Lipinski definition) is 0. The van der Waals surface area contributed by atoms with E-state index in [1.807, 2.05) is 34.5 Å². The molecule has 2 heterocycles. The van der Waals surface area contributed by atoms with Gasteiger partial charge in [0.1, 0.15) is 5.75 Å². The summed E-state index contributed by atoms with van der Waals surface area (Å²) in [6.45, 7) is 0.727. The van der Waals surface area contributed by atoms with Gasteiger partial charge < -0.3 is 9.64 Å². The number of amides is 1. The van der Waals surface area contributed by atoms with Crippen LogP contribution in [0.25, 0.3) is 0 Å². The van der Waals surface area contributed by atoms with Crippen LogP contribution in [0.1, 0.15) is 32.4 Å². The number of nitrogens with zero attached hydrogens (tertiary/aromatic N) is 1. The van der Waals surface area contributed by atoms with Crippen molar-refractivity contribution >= 4 is 17.2 Å². The molecular weight excluding hydrogens is 330 g/mol. The second-order valence-electron chi connectivity index (χ2n) is 6.10. The molecule has 1 aromatic heterocycles. The fourth-order valence-corrected chi connectivity index (χ4v) is 4.15. The minimum Gasteiger partial charge on any atom is -0.497 e. The third-order valence-corrected chi connectivity index (χ3v) is 5.57. The molecule has 126 valence electrons. The van der Waals surface area contributed by atoms with E-state index in [0.717, 1.165) is 29.2 Å². The predicted octanol–water partition coefficient (Wildman–Crippen LogP) is 4.54. The van der Waals surface area contributed by atoms with Gasteiger partial charge in [-0.15, -0.1) is 11.3 Å². The fraction of sp³-hybridized carbons (Fsp3) is 0.190. The van der Waals surface area contributed by atoms with Crippen LogP contribution in [0, 0.1) is 0 Å². The first-order valence-electron chi connectivity index (χ1n) is 8.34. The summed E-state index contributed by atoms with van der Waals surface area (Å²) >= 11 is 1.50. The van der Waals surface area contributed by atoms with Crippen LogP contribution >= 0.6 is 11.3 Å². The van der Waals surface area contributed by atoms with Gasteiger partial charge in [0.05, 0.1) is 18.0 Å². The van der Waals surface area contributed by atoms with Crippen LogP contribution in [0.2, 0.25) is 0 Å². The summed E-state index contributed by atoms with van der Waals surface area (Å²) < 4.78 is 5.28. The van der Waals surface area contributed by atoms with Crippen molar-refractivity contribution in [2.45, 2.75) is 12.5 Å². The molecule has 0 N–H and O–H groups in total. The molecule has 0 saturated heterocycles. The first kappa shape index (κ1) is 15.9. The maximum absolute atomic E-state index is 13.1. The van der Waals surface area contributed by atoms with Crippen molar-refractivity contribution in [2.24, 2.45) is 0 Å². The number of benzene rings is 2. The van der Waals surface area contributed by atoms with Crippen molar-refractivity contribution in [3.05, 3.63) is 87.6 Å². The number of hydrogen-bond acceptors (Lipinski definition) is 3. The molecule has 2 aromatic carbocycles. The van der Waals surface area contributed by atoms with Crippen LogP contribution in [0.5, 0.6) is 5.75 Å². The van der Waals surface area contributed by atoms with Gasteiger partial charge in [-0.25, -0.2) is 0 Å². The lowest BCUT2D eigenvalue weighted by Crippen LogP contribution is -2.40. The van der Waals surface area contributed by atoms with Crippen LogP contribution < -0.4 is 4.74 Å². The van der Waals surface area contributed by atoms with E-state index in [-0.39, 0.29) is 11.9 Å². The fourth-order valence-electron chi connectivity index (χ4n) is 3.47. The largest absolute Gasteiger partial charge is 0.497 e. The molecule has 4 rings (SSSR count). The number of thiophene rings is 1. The molecule has 1 aliphatic rings. The molecule has 0 fully saturated rings. The van der Waals surface area contributed by atoms with Crippen LogP contribution in [0.3, 0.4) is 0 Å². The van der Waals surface area contributed by atoms with E-state index < -0.39 is 0 Å². The zero-order valence-corrected chi connectivity index (χ0v) is 14.8. The minimum atomic E-state index is -0.0644. The van der Waals surface area contributed by atoms with E-state index in [1.165, 1.54) is 22.5 Å². The maximum atomic E-state index is 13.1. The lowest BCUT2D eigenvalue weighted by atomic mass is 9.88. The second-order valence-corrected chi connectivity index (χ2v) is 7.05. The average molecular weight is 349 g/mol. The number of rotatable bonds is 3. The summed E-state index contributed by atoms with van der Waals surface area (Å²) in [5.41, 5.74) is 3.64. The summed E-state index contributed by atoms with van der Waals surface area (Å²) in [6, 6.07) is 20.2. The summed E-state index contributed by atoms with van der Waals surface area (Å²) in [4.78, 5) is 15.9. The average Bonchev–Trinajstić information content (AvgIpc) is 3.21. The van der Waals surface area contributed by atoms with E-state index in [2.05, 4.69) is 36.4 Å². The van der Waals surface area contributed by atoms with Crippen molar-refractivity contribution in [3.8, 4) is 5.75 Å². The highest BCUT2D eigenvalue weighted by atomic mass is 32.1. The van der Waals surface area contributed by atoms with Crippen LogP contribution in [-0.2, 0) is 6.42 Å². The number of ether oxygens (including phenoxy) is 1. The van der Waals surface area contributed by atoms with E-state index in [0.29, 0.717) is 0 Å². The van der Waals surface area contributed by atoms with Crippen molar-refractivity contribution in [1.29, 1.82) is 0 Å². The molecule has 0 radical (unpaired) electrons. The highest BCUT2D eigenvalue weighted by Crippen LogP contribution is 2.37. The Kier molecular flexibility index (Phi) is 4.28. The van der Waals surface area contributed by atoms with Crippen LogP contribution in [0.4, 0.5) is 0 Å². The van der Waals surface area contributed by atoms with Gasteiger partial charge in [0.15, 0.2) is 0 Å². The summed E-state index contributed by atoms with van der Waals surface area (Å²) in [7, 11) is 1.66. The normalized spacial score (nSPS) is 16.4. The zero-order valence-electron chi connectivity index (χ0n) is 14.0. The second kappa shape index (κ2) is 6.73. The highest BCUT2D eigenvalue weighted by Gasteiger charge is 2.32. The first-order valence-corrected chi connectivity index (χ1v) is 9.22. The van der Waals surface area contributed by atoms with Crippen molar-refractivity contribution in [2.75, 3.05) is 13.7 Å². The van der Waals surface area contributed by atoms with Crippen LogP contribution in [-0.4, -0.2) is 24.5 Å². The Hall–Kier alpha value is -2.59. The van der Waals surface area contributed by atoms with Gasteiger partial charge in [0, 0.05) is 6.54 Å².